The molecule has 26 heavy (non-hydrogen) atoms. The minimum absolute atomic E-state index is 0.0648. The zero-order chi connectivity index (χ0) is 17.9. The molecule has 4 rings (SSSR count). The molecule has 2 fully saturated rings. The molecule has 7 heteroatoms. The zero-order valence-corrected chi connectivity index (χ0v) is 15.1. The number of aromatic nitrogens is 3. The smallest absolute Gasteiger partial charge is 0.254 e. The van der Waals surface area contributed by atoms with Crippen LogP contribution in [0.15, 0.2) is 30.6 Å². The largest absolute Gasteiger partial charge is 0.356 e. The third-order valence-corrected chi connectivity index (χ3v) is 5.04. The highest BCUT2D eigenvalue weighted by atomic mass is 16.2. The minimum Gasteiger partial charge on any atom is -0.356 e. The lowest BCUT2D eigenvalue weighted by atomic mass is 10.2. The van der Waals surface area contributed by atoms with Gasteiger partial charge in [0.25, 0.3) is 5.91 Å². The number of hydrogen-bond acceptors (Lipinski definition) is 6. The summed E-state index contributed by atoms with van der Waals surface area (Å²) in [6.45, 7) is 7.02. The first-order chi connectivity index (χ1) is 12.7. The fourth-order valence-electron chi connectivity index (χ4n) is 3.57. The van der Waals surface area contributed by atoms with Crippen molar-refractivity contribution in [2.45, 2.75) is 19.8 Å². The van der Waals surface area contributed by atoms with Gasteiger partial charge >= 0.3 is 0 Å². The van der Waals surface area contributed by atoms with E-state index in [2.05, 4.69) is 25.8 Å². The first-order valence-electron chi connectivity index (χ1n) is 9.25. The van der Waals surface area contributed by atoms with Crippen molar-refractivity contribution in [2.75, 3.05) is 49.1 Å². The molecule has 0 aromatic carbocycles. The molecule has 2 aliphatic rings. The van der Waals surface area contributed by atoms with E-state index >= 15 is 0 Å². The number of hydrogen-bond donors (Lipinski definition) is 0. The maximum atomic E-state index is 12.6. The van der Waals surface area contributed by atoms with Gasteiger partial charge in [-0.2, -0.15) is 4.98 Å². The Kier molecular flexibility index (Phi) is 4.69. The second-order valence-electron chi connectivity index (χ2n) is 6.88. The summed E-state index contributed by atoms with van der Waals surface area (Å²) in [4.78, 5) is 32.4. The maximum Gasteiger partial charge on any atom is 0.254 e. The van der Waals surface area contributed by atoms with E-state index < -0.39 is 0 Å². The molecule has 0 N–H and O–H groups in total. The van der Waals surface area contributed by atoms with E-state index in [-0.39, 0.29) is 5.91 Å². The van der Waals surface area contributed by atoms with Crippen LogP contribution < -0.4 is 9.80 Å². The SMILES string of the molecule is Cc1cc(N2CCCC2)nc(N2CCN(C(=O)c3ccncc3)CC2)n1. The first-order valence-corrected chi connectivity index (χ1v) is 9.25. The average Bonchev–Trinajstić information content (AvgIpc) is 3.23. The second-order valence-corrected chi connectivity index (χ2v) is 6.88. The molecule has 0 radical (unpaired) electrons. The van der Waals surface area contributed by atoms with Crippen molar-refractivity contribution in [1.29, 1.82) is 0 Å². The summed E-state index contributed by atoms with van der Waals surface area (Å²) in [6.07, 6.45) is 5.77. The lowest BCUT2D eigenvalue weighted by molar-refractivity contribution is 0.0746. The first kappa shape index (κ1) is 16.8. The van der Waals surface area contributed by atoms with Crippen molar-refractivity contribution in [3.05, 3.63) is 41.9 Å². The molecule has 7 nitrogen and oxygen atoms in total. The molecule has 0 saturated carbocycles. The van der Waals surface area contributed by atoms with Crippen LogP contribution in [0.1, 0.15) is 28.9 Å². The zero-order valence-electron chi connectivity index (χ0n) is 15.1. The molecule has 0 unspecified atom stereocenters. The van der Waals surface area contributed by atoms with Crippen molar-refractivity contribution < 1.29 is 4.79 Å². The van der Waals surface area contributed by atoms with Crippen molar-refractivity contribution >= 4 is 17.7 Å². The Morgan fingerprint density at radius 2 is 1.62 bits per heavy atom. The van der Waals surface area contributed by atoms with Gasteiger partial charge < -0.3 is 14.7 Å². The van der Waals surface area contributed by atoms with E-state index in [1.54, 1.807) is 24.5 Å². The van der Waals surface area contributed by atoms with Gasteiger partial charge in [0.05, 0.1) is 0 Å². The normalized spacial score (nSPS) is 17.7. The Morgan fingerprint density at radius 1 is 0.923 bits per heavy atom. The molecule has 0 aliphatic carbocycles. The Labute approximate surface area is 153 Å². The van der Waals surface area contributed by atoms with Crippen LogP contribution in [-0.2, 0) is 0 Å². The number of piperazine rings is 1. The summed E-state index contributed by atoms with van der Waals surface area (Å²) in [5.41, 5.74) is 1.68. The van der Waals surface area contributed by atoms with Gasteiger partial charge in [0.15, 0.2) is 0 Å². The predicted molar refractivity (Wildman–Crippen MR) is 101 cm³/mol. The van der Waals surface area contributed by atoms with Crippen LogP contribution in [0.4, 0.5) is 11.8 Å². The number of rotatable bonds is 3. The molecule has 0 spiro atoms. The van der Waals surface area contributed by atoms with Gasteiger partial charge in [-0.05, 0) is 31.9 Å². The third-order valence-electron chi connectivity index (χ3n) is 5.04. The average molecular weight is 352 g/mol. The molecule has 4 heterocycles. The summed E-state index contributed by atoms with van der Waals surface area (Å²) in [7, 11) is 0. The highest BCUT2D eigenvalue weighted by Gasteiger charge is 2.24. The van der Waals surface area contributed by atoms with Gasteiger partial charge in [0.1, 0.15) is 5.82 Å². The van der Waals surface area contributed by atoms with E-state index in [0.717, 1.165) is 43.6 Å². The molecule has 2 saturated heterocycles. The lowest BCUT2D eigenvalue weighted by Crippen LogP contribution is -2.49. The lowest BCUT2D eigenvalue weighted by Gasteiger charge is -2.35. The van der Waals surface area contributed by atoms with Gasteiger partial charge in [0, 0.05) is 69.0 Å². The fraction of sp³-hybridized carbons (Fsp3) is 0.474. The number of pyridine rings is 1. The Balaban J connectivity index is 1.44. The van der Waals surface area contributed by atoms with Crippen LogP contribution in [-0.4, -0.2) is 65.0 Å². The van der Waals surface area contributed by atoms with Crippen LogP contribution in [0, 0.1) is 6.92 Å². The Morgan fingerprint density at radius 3 is 2.31 bits per heavy atom. The molecule has 1 amide bonds. The summed E-state index contributed by atoms with van der Waals surface area (Å²) < 4.78 is 0. The number of carbonyl (C=O) groups excluding carboxylic acids is 1. The molecular formula is C19H24N6O. The minimum atomic E-state index is 0.0648. The molecule has 0 bridgehead atoms. The maximum absolute atomic E-state index is 12.6. The van der Waals surface area contributed by atoms with Crippen LogP contribution in [0.5, 0.6) is 0 Å². The van der Waals surface area contributed by atoms with Crippen LogP contribution in [0.25, 0.3) is 0 Å². The Bertz CT molecular complexity index is 767. The summed E-state index contributed by atoms with van der Waals surface area (Å²) in [5, 5.41) is 0. The number of carbonyl (C=O) groups is 1. The molecule has 2 aromatic heterocycles. The van der Waals surface area contributed by atoms with E-state index in [9.17, 15) is 4.79 Å². The highest BCUT2D eigenvalue weighted by molar-refractivity contribution is 5.94. The van der Waals surface area contributed by atoms with Crippen LogP contribution in [0.2, 0.25) is 0 Å². The number of nitrogens with zero attached hydrogens (tertiary/aromatic N) is 6. The second kappa shape index (κ2) is 7.27. The van der Waals surface area contributed by atoms with E-state index in [1.807, 2.05) is 11.8 Å². The highest BCUT2D eigenvalue weighted by Crippen LogP contribution is 2.22. The van der Waals surface area contributed by atoms with Gasteiger partial charge in [-0.15, -0.1) is 0 Å². The van der Waals surface area contributed by atoms with Gasteiger partial charge in [-0.25, -0.2) is 4.98 Å². The number of anilines is 2. The van der Waals surface area contributed by atoms with Crippen LogP contribution >= 0.6 is 0 Å². The molecule has 2 aromatic rings. The number of aryl methyl sites for hydroxylation is 1. The van der Waals surface area contributed by atoms with Crippen molar-refractivity contribution in [1.82, 2.24) is 19.9 Å². The van der Waals surface area contributed by atoms with Crippen molar-refractivity contribution in [3.63, 3.8) is 0 Å². The topological polar surface area (TPSA) is 65.5 Å². The monoisotopic (exact) mass is 352 g/mol. The fourth-order valence-corrected chi connectivity index (χ4v) is 3.57. The summed E-state index contributed by atoms with van der Waals surface area (Å²) in [6, 6.07) is 5.60. The standard InChI is InChI=1S/C19H24N6O/c1-15-14-17(23-8-2-3-9-23)22-19(21-15)25-12-10-24(11-13-25)18(26)16-4-6-20-7-5-16/h4-7,14H,2-3,8-13H2,1H3. The van der Waals surface area contributed by atoms with Gasteiger partial charge in [0.2, 0.25) is 5.95 Å². The quantitative estimate of drug-likeness (QED) is 0.838. The van der Waals surface area contributed by atoms with Gasteiger partial charge in [-0.1, -0.05) is 0 Å². The van der Waals surface area contributed by atoms with Gasteiger partial charge in [-0.3, -0.25) is 9.78 Å². The summed E-state index contributed by atoms with van der Waals surface area (Å²) >= 11 is 0. The predicted octanol–water partition coefficient (Wildman–Crippen LogP) is 1.74. The van der Waals surface area contributed by atoms with Crippen molar-refractivity contribution in [3.8, 4) is 0 Å². The Hall–Kier alpha value is -2.70. The molecular weight excluding hydrogens is 328 g/mol. The van der Waals surface area contributed by atoms with Crippen LogP contribution in [0.3, 0.4) is 0 Å². The van der Waals surface area contributed by atoms with E-state index in [4.69, 9.17) is 4.98 Å². The summed E-state index contributed by atoms with van der Waals surface area (Å²) in [5.74, 6) is 1.87. The third kappa shape index (κ3) is 3.47. The molecule has 136 valence electrons. The van der Waals surface area contributed by atoms with Crippen molar-refractivity contribution in [2.24, 2.45) is 0 Å². The molecule has 0 atom stereocenters. The number of amides is 1. The van der Waals surface area contributed by atoms with E-state index in [1.165, 1.54) is 12.8 Å². The van der Waals surface area contributed by atoms with E-state index in [0.29, 0.717) is 18.7 Å². The molecule has 2 aliphatic heterocycles.